The molecule has 1 aromatic carbocycles. The number of carbonyl (C=O) groups excluding carboxylic acids is 1. The minimum Gasteiger partial charge on any atom is -0.371 e. The third kappa shape index (κ3) is 3.73. The summed E-state index contributed by atoms with van der Waals surface area (Å²) in [7, 11) is 0. The third-order valence-corrected chi connectivity index (χ3v) is 4.57. The molecule has 0 aliphatic carbocycles. The average Bonchev–Trinajstić information content (AvgIpc) is 3.16. The van der Waals surface area contributed by atoms with Crippen molar-refractivity contribution in [2.75, 3.05) is 24.5 Å². The summed E-state index contributed by atoms with van der Waals surface area (Å²) in [5, 5.41) is 3.06. The second kappa shape index (κ2) is 6.86. The number of aromatic nitrogens is 2. The van der Waals surface area contributed by atoms with Crippen molar-refractivity contribution < 1.29 is 4.79 Å². The number of aryl methyl sites for hydroxylation is 2. The van der Waals surface area contributed by atoms with Crippen LogP contribution in [-0.4, -0.2) is 35.1 Å². The average molecular weight is 312 g/mol. The highest BCUT2D eigenvalue weighted by atomic mass is 16.1. The number of hydrogen-bond acceptors (Lipinski definition) is 3. The molecule has 0 radical (unpaired) electrons. The van der Waals surface area contributed by atoms with Crippen LogP contribution in [0.1, 0.15) is 17.8 Å². The van der Waals surface area contributed by atoms with E-state index in [-0.39, 0.29) is 5.91 Å². The number of nitrogens with one attached hydrogen (secondary N) is 1. The van der Waals surface area contributed by atoms with Gasteiger partial charge in [0.1, 0.15) is 12.4 Å². The highest BCUT2D eigenvalue weighted by molar-refractivity contribution is 5.75. The van der Waals surface area contributed by atoms with Gasteiger partial charge in [0.25, 0.3) is 0 Å². The number of hydrogen-bond donors (Lipinski definition) is 1. The van der Waals surface area contributed by atoms with Crippen molar-refractivity contribution in [3.8, 4) is 0 Å². The maximum atomic E-state index is 12.1. The van der Waals surface area contributed by atoms with Crippen LogP contribution in [0.2, 0.25) is 0 Å². The summed E-state index contributed by atoms with van der Waals surface area (Å²) in [6.45, 7) is 7.22. The number of rotatable bonds is 5. The smallest absolute Gasteiger partial charge is 0.239 e. The maximum absolute atomic E-state index is 12.1. The SMILES string of the molecule is Cc1ccccc1N1CCC(CNC(=O)Cn2ccnc2C)C1. The minimum atomic E-state index is 0.0560. The molecule has 2 heterocycles. The molecule has 0 spiro atoms. The number of amides is 1. The van der Waals surface area contributed by atoms with E-state index in [9.17, 15) is 4.79 Å². The molecule has 23 heavy (non-hydrogen) atoms. The van der Waals surface area contributed by atoms with Crippen molar-refractivity contribution in [1.82, 2.24) is 14.9 Å². The molecule has 5 heteroatoms. The standard InChI is InChI=1S/C18H24N4O/c1-14-5-3-4-6-17(14)22-9-7-16(12-22)11-20-18(23)13-21-10-8-19-15(21)2/h3-6,8,10,16H,7,9,11-13H2,1-2H3,(H,20,23). The molecule has 1 aliphatic rings. The molecule has 122 valence electrons. The van der Waals surface area contributed by atoms with Gasteiger partial charge in [0.05, 0.1) is 0 Å². The van der Waals surface area contributed by atoms with Crippen molar-refractivity contribution in [3.63, 3.8) is 0 Å². The molecule has 1 saturated heterocycles. The zero-order valence-corrected chi connectivity index (χ0v) is 13.8. The Morgan fingerprint density at radius 3 is 2.91 bits per heavy atom. The van der Waals surface area contributed by atoms with Crippen LogP contribution in [0.25, 0.3) is 0 Å². The van der Waals surface area contributed by atoms with Crippen LogP contribution in [0.4, 0.5) is 5.69 Å². The summed E-state index contributed by atoms with van der Waals surface area (Å²) in [5.74, 6) is 1.44. The van der Waals surface area contributed by atoms with Gasteiger partial charge in [-0.15, -0.1) is 0 Å². The van der Waals surface area contributed by atoms with Crippen LogP contribution in [0.15, 0.2) is 36.7 Å². The summed E-state index contributed by atoms with van der Waals surface area (Å²) in [5.41, 5.74) is 2.63. The second-order valence-electron chi connectivity index (χ2n) is 6.29. The Morgan fingerprint density at radius 2 is 2.17 bits per heavy atom. The van der Waals surface area contributed by atoms with Gasteiger partial charge < -0.3 is 14.8 Å². The van der Waals surface area contributed by atoms with E-state index in [4.69, 9.17) is 0 Å². The number of carbonyl (C=O) groups is 1. The quantitative estimate of drug-likeness (QED) is 0.920. The van der Waals surface area contributed by atoms with Crippen LogP contribution in [0, 0.1) is 19.8 Å². The van der Waals surface area contributed by atoms with Gasteiger partial charge in [-0.2, -0.15) is 0 Å². The Labute approximate surface area is 137 Å². The monoisotopic (exact) mass is 312 g/mol. The van der Waals surface area contributed by atoms with E-state index in [0.29, 0.717) is 12.5 Å². The van der Waals surface area contributed by atoms with E-state index >= 15 is 0 Å². The molecule has 3 rings (SSSR count). The van der Waals surface area contributed by atoms with Gasteiger partial charge in [-0.05, 0) is 37.8 Å². The Balaban J connectivity index is 1.48. The van der Waals surface area contributed by atoms with Crippen molar-refractivity contribution in [2.24, 2.45) is 5.92 Å². The van der Waals surface area contributed by atoms with Gasteiger partial charge in [0.2, 0.25) is 5.91 Å². The Morgan fingerprint density at radius 1 is 1.35 bits per heavy atom. The molecule has 1 N–H and O–H groups in total. The number of anilines is 1. The molecule has 2 aromatic rings. The van der Waals surface area contributed by atoms with Gasteiger partial charge in [-0.25, -0.2) is 4.98 Å². The lowest BCUT2D eigenvalue weighted by Gasteiger charge is -2.21. The fourth-order valence-electron chi connectivity index (χ4n) is 3.18. The minimum absolute atomic E-state index is 0.0560. The lowest BCUT2D eigenvalue weighted by molar-refractivity contribution is -0.121. The number of imidazole rings is 1. The molecular weight excluding hydrogens is 288 g/mol. The first kappa shape index (κ1) is 15.6. The number of benzene rings is 1. The van der Waals surface area contributed by atoms with E-state index < -0.39 is 0 Å². The van der Waals surface area contributed by atoms with E-state index in [0.717, 1.165) is 31.9 Å². The van der Waals surface area contributed by atoms with Gasteiger partial charge in [0, 0.05) is 37.7 Å². The summed E-state index contributed by atoms with van der Waals surface area (Å²) in [4.78, 5) is 18.6. The van der Waals surface area contributed by atoms with Crippen molar-refractivity contribution in [3.05, 3.63) is 48.0 Å². The molecule has 0 bridgehead atoms. The third-order valence-electron chi connectivity index (χ3n) is 4.57. The summed E-state index contributed by atoms with van der Waals surface area (Å²) < 4.78 is 1.86. The van der Waals surface area contributed by atoms with E-state index in [1.807, 2.05) is 17.7 Å². The molecule has 1 amide bonds. The molecular formula is C18H24N4O. The predicted molar refractivity (Wildman–Crippen MR) is 91.5 cm³/mol. The summed E-state index contributed by atoms with van der Waals surface area (Å²) >= 11 is 0. The van der Waals surface area contributed by atoms with Crippen molar-refractivity contribution in [2.45, 2.75) is 26.8 Å². The molecule has 1 aliphatic heterocycles. The fraction of sp³-hybridized carbons (Fsp3) is 0.444. The van der Waals surface area contributed by atoms with Crippen LogP contribution >= 0.6 is 0 Å². The van der Waals surface area contributed by atoms with E-state index in [1.54, 1.807) is 6.20 Å². The summed E-state index contributed by atoms with van der Waals surface area (Å²) in [6, 6.07) is 8.49. The normalized spacial score (nSPS) is 17.5. The van der Waals surface area contributed by atoms with Crippen molar-refractivity contribution in [1.29, 1.82) is 0 Å². The Bertz CT molecular complexity index is 679. The maximum Gasteiger partial charge on any atom is 0.239 e. The topological polar surface area (TPSA) is 50.2 Å². The van der Waals surface area contributed by atoms with Gasteiger partial charge in [-0.1, -0.05) is 18.2 Å². The number of para-hydroxylation sites is 1. The first-order valence-electron chi connectivity index (χ1n) is 8.18. The van der Waals surface area contributed by atoms with E-state index in [2.05, 4.69) is 46.4 Å². The van der Waals surface area contributed by atoms with Gasteiger partial charge in [-0.3, -0.25) is 4.79 Å². The molecule has 1 unspecified atom stereocenters. The van der Waals surface area contributed by atoms with E-state index in [1.165, 1.54) is 11.3 Å². The Kier molecular flexibility index (Phi) is 4.65. The lowest BCUT2D eigenvalue weighted by atomic mass is 10.1. The first-order valence-corrected chi connectivity index (χ1v) is 8.18. The highest BCUT2D eigenvalue weighted by Crippen LogP contribution is 2.26. The number of nitrogens with zero attached hydrogens (tertiary/aromatic N) is 3. The zero-order chi connectivity index (χ0) is 16.2. The fourth-order valence-corrected chi connectivity index (χ4v) is 3.18. The lowest BCUT2D eigenvalue weighted by Crippen LogP contribution is -2.33. The van der Waals surface area contributed by atoms with Gasteiger partial charge >= 0.3 is 0 Å². The molecule has 1 aromatic heterocycles. The summed E-state index contributed by atoms with van der Waals surface area (Å²) in [6.07, 6.45) is 4.68. The zero-order valence-electron chi connectivity index (χ0n) is 13.8. The second-order valence-corrected chi connectivity index (χ2v) is 6.29. The predicted octanol–water partition coefficient (Wildman–Crippen LogP) is 2.14. The first-order chi connectivity index (χ1) is 11.1. The van der Waals surface area contributed by atoms with Crippen LogP contribution in [0.3, 0.4) is 0 Å². The van der Waals surface area contributed by atoms with Crippen LogP contribution < -0.4 is 10.2 Å². The molecule has 1 atom stereocenters. The molecule has 1 fully saturated rings. The van der Waals surface area contributed by atoms with Crippen molar-refractivity contribution >= 4 is 11.6 Å². The Hall–Kier alpha value is -2.30. The molecule has 5 nitrogen and oxygen atoms in total. The molecule has 0 saturated carbocycles. The van der Waals surface area contributed by atoms with Gasteiger partial charge in [0.15, 0.2) is 0 Å². The highest BCUT2D eigenvalue weighted by Gasteiger charge is 2.23. The largest absolute Gasteiger partial charge is 0.371 e. The van der Waals surface area contributed by atoms with Crippen LogP contribution in [-0.2, 0) is 11.3 Å². The van der Waals surface area contributed by atoms with Crippen LogP contribution in [0.5, 0.6) is 0 Å².